The molecule has 0 unspecified atom stereocenters. The molecule has 0 saturated heterocycles. The normalized spacial score (nSPS) is 24.7. The van der Waals surface area contributed by atoms with E-state index in [1.165, 1.54) is 37.7 Å². The van der Waals surface area contributed by atoms with Gasteiger partial charge in [0.2, 0.25) is 0 Å². The van der Waals surface area contributed by atoms with E-state index in [0.717, 1.165) is 23.4 Å². The maximum Gasteiger partial charge on any atom is 0.140 e. The fourth-order valence-corrected chi connectivity index (χ4v) is 4.36. The highest BCUT2D eigenvalue weighted by Gasteiger charge is 2.33. The van der Waals surface area contributed by atoms with Crippen LogP contribution >= 0.6 is 11.6 Å². The highest BCUT2D eigenvalue weighted by Crippen LogP contribution is 2.38. The topological polar surface area (TPSA) is 40.9 Å². The van der Waals surface area contributed by atoms with Crippen LogP contribution in [0.2, 0.25) is 5.02 Å². The third-order valence-corrected chi connectivity index (χ3v) is 5.72. The molecule has 3 heteroatoms. The number of hydrogen-bond acceptors (Lipinski definition) is 2. The molecule has 2 aliphatic carbocycles. The zero-order valence-corrected chi connectivity index (χ0v) is 14.3. The molecule has 0 N–H and O–H groups in total. The van der Waals surface area contributed by atoms with E-state index in [0.29, 0.717) is 30.5 Å². The molecule has 0 aliphatic heterocycles. The molecular weight excluding hydrogens is 306 g/mol. The summed E-state index contributed by atoms with van der Waals surface area (Å²) >= 11 is 6.30. The van der Waals surface area contributed by atoms with Gasteiger partial charge in [0.05, 0.1) is 6.07 Å². The summed E-state index contributed by atoms with van der Waals surface area (Å²) < 4.78 is 0. The Bertz CT molecular complexity index is 607. The second-order valence-corrected chi connectivity index (χ2v) is 7.70. The minimum atomic E-state index is 0.158. The van der Waals surface area contributed by atoms with Crippen molar-refractivity contribution < 1.29 is 4.79 Å². The summed E-state index contributed by atoms with van der Waals surface area (Å²) in [6.07, 6.45) is 9.29. The Morgan fingerprint density at radius 2 is 1.91 bits per heavy atom. The van der Waals surface area contributed by atoms with Gasteiger partial charge in [-0.05, 0) is 60.8 Å². The van der Waals surface area contributed by atoms with Gasteiger partial charge in [0.25, 0.3) is 0 Å². The second-order valence-electron chi connectivity index (χ2n) is 7.27. The van der Waals surface area contributed by atoms with Gasteiger partial charge < -0.3 is 0 Å². The average molecular weight is 330 g/mol. The SMILES string of the molecule is N#CCC1CC(C(=O)Cc2cc(Cl)cc(C3CCCCC3)c2)C1. The van der Waals surface area contributed by atoms with E-state index in [4.69, 9.17) is 16.9 Å². The molecule has 2 aliphatic rings. The molecule has 23 heavy (non-hydrogen) atoms. The van der Waals surface area contributed by atoms with Crippen molar-refractivity contribution in [1.29, 1.82) is 5.26 Å². The number of carbonyl (C=O) groups is 1. The Labute approximate surface area is 143 Å². The van der Waals surface area contributed by atoms with Gasteiger partial charge in [0.1, 0.15) is 5.78 Å². The number of Topliss-reactive ketones (excluding diaryl/α,β-unsaturated/α-hetero) is 1. The van der Waals surface area contributed by atoms with Crippen molar-refractivity contribution >= 4 is 17.4 Å². The van der Waals surface area contributed by atoms with Gasteiger partial charge >= 0.3 is 0 Å². The lowest BCUT2D eigenvalue weighted by Crippen LogP contribution is -2.31. The number of rotatable bonds is 5. The molecule has 1 aromatic carbocycles. The van der Waals surface area contributed by atoms with Crippen LogP contribution in [-0.4, -0.2) is 5.78 Å². The zero-order valence-electron chi connectivity index (χ0n) is 13.6. The Morgan fingerprint density at radius 3 is 2.61 bits per heavy atom. The van der Waals surface area contributed by atoms with Crippen LogP contribution in [0.4, 0.5) is 0 Å². The summed E-state index contributed by atoms with van der Waals surface area (Å²) in [6.45, 7) is 0. The summed E-state index contributed by atoms with van der Waals surface area (Å²) in [4.78, 5) is 12.4. The average Bonchev–Trinajstić information content (AvgIpc) is 2.50. The Hall–Kier alpha value is -1.33. The van der Waals surface area contributed by atoms with E-state index < -0.39 is 0 Å². The van der Waals surface area contributed by atoms with Crippen molar-refractivity contribution in [3.8, 4) is 6.07 Å². The van der Waals surface area contributed by atoms with Gasteiger partial charge in [-0.1, -0.05) is 36.9 Å². The van der Waals surface area contributed by atoms with Gasteiger partial charge in [0.15, 0.2) is 0 Å². The maximum absolute atomic E-state index is 12.4. The Balaban J connectivity index is 1.62. The number of carbonyl (C=O) groups excluding carboxylic acids is 1. The highest BCUT2D eigenvalue weighted by molar-refractivity contribution is 6.30. The molecule has 0 spiro atoms. The van der Waals surface area contributed by atoms with Crippen LogP contribution in [0.1, 0.15) is 68.4 Å². The smallest absolute Gasteiger partial charge is 0.140 e. The van der Waals surface area contributed by atoms with Crippen molar-refractivity contribution in [3.05, 3.63) is 34.3 Å². The number of ketones is 1. The maximum atomic E-state index is 12.4. The monoisotopic (exact) mass is 329 g/mol. The van der Waals surface area contributed by atoms with E-state index in [9.17, 15) is 4.79 Å². The first-order valence-electron chi connectivity index (χ1n) is 8.84. The van der Waals surface area contributed by atoms with Gasteiger partial charge in [-0.2, -0.15) is 5.26 Å². The molecule has 122 valence electrons. The zero-order chi connectivity index (χ0) is 16.2. The molecule has 0 atom stereocenters. The predicted octanol–water partition coefficient (Wildman–Crippen LogP) is 5.44. The van der Waals surface area contributed by atoms with Crippen molar-refractivity contribution in [2.24, 2.45) is 11.8 Å². The fraction of sp³-hybridized carbons (Fsp3) is 0.600. The molecule has 0 heterocycles. The van der Waals surface area contributed by atoms with E-state index in [1.807, 2.05) is 6.07 Å². The van der Waals surface area contributed by atoms with Crippen LogP contribution < -0.4 is 0 Å². The lowest BCUT2D eigenvalue weighted by atomic mass is 9.70. The Morgan fingerprint density at radius 1 is 1.17 bits per heavy atom. The van der Waals surface area contributed by atoms with Crippen molar-refractivity contribution in [1.82, 2.24) is 0 Å². The van der Waals surface area contributed by atoms with Gasteiger partial charge in [-0.15, -0.1) is 0 Å². The largest absolute Gasteiger partial charge is 0.299 e. The Kier molecular flexibility index (Phi) is 5.38. The van der Waals surface area contributed by atoms with Crippen LogP contribution in [0.15, 0.2) is 18.2 Å². The molecule has 3 rings (SSSR count). The number of benzene rings is 1. The fourth-order valence-electron chi connectivity index (χ4n) is 4.09. The summed E-state index contributed by atoms with van der Waals surface area (Å²) in [5.74, 6) is 1.52. The van der Waals surface area contributed by atoms with Crippen LogP contribution in [0.5, 0.6) is 0 Å². The minimum absolute atomic E-state index is 0.158. The van der Waals surface area contributed by atoms with Gasteiger partial charge in [-0.25, -0.2) is 0 Å². The van der Waals surface area contributed by atoms with Crippen LogP contribution in [0.25, 0.3) is 0 Å². The predicted molar refractivity (Wildman–Crippen MR) is 92.4 cm³/mol. The van der Waals surface area contributed by atoms with E-state index >= 15 is 0 Å². The molecule has 0 amide bonds. The lowest BCUT2D eigenvalue weighted by molar-refractivity contribution is -0.126. The number of halogens is 1. The molecule has 0 radical (unpaired) electrons. The summed E-state index contributed by atoms with van der Waals surface area (Å²) in [7, 11) is 0. The first kappa shape index (κ1) is 16.5. The van der Waals surface area contributed by atoms with E-state index in [2.05, 4.69) is 18.2 Å². The molecular formula is C20H24ClNO. The summed E-state index contributed by atoms with van der Waals surface area (Å²) in [5.41, 5.74) is 2.38. The quantitative estimate of drug-likeness (QED) is 0.721. The lowest BCUT2D eigenvalue weighted by Gasteiger charge is -2.32. The van der Waals surface area contributed by atoms with Crippen molar-refractivity contribution in [2.45, 2.75) is 63.7 Å². The van der Waals surface area contributed by atoms with Crippen molar-refractivity contribution in [2.75, 3.05) is 0 Å². The molecule has 2 fully saturated rings. The number of nitriles is 1. The first-order chi connectivity index (χ1) is 11.2. The standard InChI is InChI=1S/C20H24ClNO/c21-19-11-15(10-17(13-19)16-4-2-1-3-5-16)12-20(23)18-8-14(9-18)6-7-22/h10-11,13-14,16,18H,1-6,8-9,12H2. The number of nitrogens with zero attached hydrogens (tertiary/aromatic N) is 1. The second kappa shape index (κ2) is 7.49. The third-order valence-electron chi connectivity index (χ3n) is 5.51. The van der Waals surface area contributed by atoms with E-state index in [-0.39, 0.29) is 5.92 Å². The van der Waals surface area contributed by atoms with Crippen LogP contribution in [-0.2, 0) is 11.2 Å². The number of hydrogen-bond donors (Lipinski definition) is 0. The van der Waals surface area contributed by atoms with Crippen LogP contribution in [0.3, 0.4) is 0 Å². The highest BCUT2D eigenvalue weighted by atomic mass is 35.5. The first-order valence-corrected chi connectivity index (χ1v) is 9.22. The summed E-state index contributed by atoms with van der Waals surface area (Å²) in [5, 5.41) is 9.45. The molecule has 2 saturated carbocycles. The molecule has 2 nitrogen and oxygen atoms in total. The third kappa shape index (κ3) is 4.15. The van der Waals surface area contributed by atoms with Gasteiger partial charge in [-0.3, -0.25) is 4.79 Å². The minimum Gasteiger partial charge on any atom is -0.299 e. The molecule has 1 aromatic rings. The van der Waals surface area contributed by atoms with E-state index in [1.54, 1.807) is 0 Å². The van der Waals surface area contributed by atoms with Crippen molar-refractivity contribution in [3.63, 3.8) is 0 Å². The molecule has 0 bridgehead atoms. The van der Waals surface area contributed by atoms with Gasteiger partial charge in [0, 0.05) is 23.8 Å². The van der Waals surface area contributed by atoms with Crippen LogP contribution in [0, 0.1) is 23.2 Å². The summed E-state index contributed by atoms with van der Waals surface area (Å²) in [6, 6.07) is 8.42. The molecule has 0 aromatic heterocycles.